The van der Waals surface area contributed by atoms with Crippen molar-refractivity contribution in [3.8, 4) is 0 Å². The summed E-state index contributed by atoms with van der Waals surface area (Å²) in [5.41, 5.74) is 2.23. The highest BCUT2D eigenvalue weighted by molar-refractivity contribution is 7.12. The van der Waals surface area contributed by atoms with Gasteiger partial charge in [0.1, 0.15) is 10.6 Å². The van der Waals surface area contributed by atoms with Crippen molar-refractivity contribution < 1.29 is 18.8 Å². The zero-order valence-electron chi connectivity index (χ0n) is 12.1. The molecule has 0 unspecified atom stereocenters. The van der Waals surface area contributed by atoms with Crippen molar-refractivity contribution in [3.05, 3.63) is 33.3 Å². The summed E-state index contributed by atoms with van der Waals surface area (Å²) in [4.78, 5) is 23.9. The molecule has 0 aliphatic heterocycles. The van der Waals surface area contributed by atoms with Crippen LogP contribution in [0.3, 0.4) is 0 Å². The molecular formula is C14H16N2O4S. The SMILES string of the molecule is COC(=O)c1sccc1NC(=O)CCc1c(C)noc1C. The first-order chi connectivity index (χ1) is 10.0. The minimum atomic E-state index is -0.453. The van der Waals surface area contributed by atoms with E-state index in [9.17, 15) is 9.59 Å². The van der Waals surface area contributed by atoms with E-state index in [1.165, 1.54) is 18.4 Å². The standard InChI is InChI=1S/C14H16N2O4S/c1-8-10(9(2)20-16-8)4-5-12(17)15-11-6-7-21-13(11)14(18)19-3/h6-7H,4-5H2,1-3H3,(H,15,17). The Morgan fingerprint density at radius 1 is 1.43 bits per heavy atom. The molecule has 0 aliphatic carbocycles. The Balaban J connectivity index is 1.97. The van der Waals surface area contributed by atoms with Crippen molar-refractivity contribution in [1.29, 1.82) is 0 Å². The van der Waals surface area contributed by atoms with Crippen molar-refractivity contribution in [2.75, 3.05) is 12.4 Å². The van der Waals surface area contributed by atoms with E-state index in [1.54, 1.807) is 11.4 Å². The Kier molecular flexibility index (Phi) is 4.74. The summed E-state index contributed by atoms with van der Waals surface area (Å²) in [6, 6.07) is 1.69. The summed E-state index contributed by atoms with van der Waals surface area (Å²) in [6.45, 7) is 3.67. The second-order valence-corrected chi connectivity index (χ2v) is 5.42. The highest BCUT2D eigenvalue weighted by atomic mass is 32.1. The molecule has 6 nitrogen and oxygen atoms in total. The van der Waals surface area contributed by atoms with Gasteiger partial charge in [0.2, 0.25) is 5.91 Å². The lowest BCUT2D eigenvalue weighted by Crippen LogP contribution is -2.14. The number of amides is 1. The van der Waals surface area contributed by atoms with Gasteiger partial charge in [0.25, 0.3) is 0 Å². The van der Waals surface area contributed by atoms with Crippen molar-refractivity contribution in [2.24, 2.45) is 0 Å². The summed E-state index contributed by atoms with van der Waals surface area (Å²) < 4.78 is 9.72. The van der Waals surface area contributed by atoms with E-state index >= 15 is 0 Å². The maximum Gasteiger partial charge on any atom is 0.350 e. The number of thiophene rings is 1. The fraction of sp³-hybridized carbons (Fsp3) is 0.357. The third kappa shape index (κ3) is 3.49. The minimum absolute atomic E-state index is 0.168. The smallest absolute Gasteiger partial charge is 0.350 e. The van der Waals surface area contributed by atoms with E-state index in [1.807, 2.05) is 13.8 Å². The van der Waals surface area contributed by atoms with Gasteiger partial charge in [0, 0.05) is 12.0 Å². The number of carbonyl (C=O) groups excluding carboxylic acids is 2. The van der Waals surface area contributed by atoms with Gasteiger partial charge in [-0.1, -0.05) is 5.16 Å². The minimum Gasteiger partial charge on any atom is -0.465 e. The molecule has 0 aromatic carbocycles. The summed E-state index contributed by atoms with van der Waals surface area (Å²) in [5, 5.41) is 8.31. The predicted molar refractivity (Wildman–Crippen MR) is 78.6 cm³/mol. The first-order valence-corrected chi connectivity index (χ1v) is 7.28. The number of rotatable bonds is 5. The predicted octanol–water partition coefficient (Wildman–Crippen LogP) is 2.71. The maximum atomic E-state index is 12.0. The number of hydrogen-bond acceptors (Lipinski definition) is 6. The van der Waals surface area contributed by atoms with Crippen LogP contribution in [0.5, 0.6) is 0 Å². The number of carbonyl (C=O) groups is 2. The van der Waals surface area contributed by atoms with Crippen LogP contribution in [0.1, 0.15) is 33.1 Å². The Morgan fingerprint density at radius 3 is 2.81 bits per heavy atom. The molecule has 0 aliphatic rings. The molecule has 0 saturated heterocycles. The van der Waals surface area contributed by atoms with Crippen LogP contribution in [0.25, 0.3) is 0 Å². The molecule has 0 saturated carbocycles. The van der Waals surface area contributed by atoms with Crippen LogP contribution in [-0.4, -0.2) is 24.1 Å². The summed E-state index contributed by atoms with van der Waals surface area (Å²) in [7, 11) is 1.31. The zero-order valence-corrected chi connectivity index (χ0v) is 12.9. The van der Waals surface area contributed by atoms with Crippen molar-refractivity contribution in [3.63, 3.8) is 0 Å². The zero-order chi connectivity index (χ0) is 15.4. The lowest BCUT2D eigenvalue weighted by molar-refractivity contribution is -0.116. The fourth-order valence-corrected chi connectivity index (χ4v) is 2.73. The molecule has 0 atom stereocenters. The van der Waals surface area contributed by atoms with Crippen LogP contribution in [-0.2, 0) is 16.0 Å². The van der Waals surface area contributed by atoms with Gasteiger partial charge in [-0.05, 0) is 31.7 Å². The molecule has 2 rings (SSSR count). The third-order valence-corrected chi connectivity index (χ3v) is 3.99. The molecule has 1 amide bonds. The molecule has 1 N–H and O–H groups in total. The summed E-state index contributed by atoms with van der Waals surface area (Å²) in [5.74, 6) is 0.107. The lowest BCUT2D eigenvalue weighted by atomic mass is 10.1. The van der Waals surface area contributed by atoms with Gasteiger partial charge in [-0.15, -0.1) is 11.3 Å². The molecule has 2 aromatic heterocycles. The Hall–Kier alpha value is -2.15. The highest BCUT2D eigenvalue weighted by Gasteiger charge is 2.16. The van der Waals surface area contributed by atoms with Crippen LogP contribution in [0, 0.1) is 13.8 Å². The second kappa shape index (κ2) is 6.53. The van der Waals surface area contributed by atoms with Crippen molar-refractivity contribution in [2.45, 2.75) is 26.7 Å². The number of ether oxygens (including phenoxy) is 1. The molecule has 2 heterocycles. The molecule has 0 bridgehead atoms. The normalized spacial score (nSPS) is 10.4. The number of anilines is 1. The monoisotopic (exact) mass is 308 g/mol. The Bertz CT molecular complexity index is 640. The molecule has 0 spiro atoms. The first-order valence-electron chi connectivity index (χ1n) is 6.40. The van der Waals surface area contributed by atoms with E-state index < -0.39 is 5.97 Å². The topological polar surface area (TPSA) is 81.4 Å². The van der Waals surface area contributed by atoms with Crippen molar-refractivity contribution >= 4 is 28.9 Å². The fourth-order valence-electron chi connectivity index (χ4n) is 1.97. The van der Waals surface area contributed by atoms with E-state index in [-0.39, 0.29) is 5.91 Å². The molecular weight excluding hydrogens is 292 g/mol. The first kappa shape index (κ1) is 15.2. The quantitative estimate of drug-likeness (QED) is 0.859. The van der Waals surface area contributed by atoms with E-state index in [4.69, 9.17) is 4.52 Å². The number of aryl methyl sites for hydroxylation is 2. The number of aromatic nitrogens is 1. The highest BCUT2D eigenvalue weighted by Crippen LogP contribution is 2.23. The van der Waals surface area contributed by atoms with Gasteiger partial charge in [0.15, 0.2) is 0 Å². The van der Waals surface area contributed by atoms with Gasteiger partial charge in [-0.3, -0.25) is 4.79 Å². The molecule has 112 valence electrons. The van der Waals surface area contributed by atoms with Crippen LogP contribution in [0.4, 0.5) is 5.69 Å². The molecule has 2 aromatic rings. The number of esters is 1. The maximum absolute atomic E-state index is 12.0. The summed E-state index contributed by atoms with van der Waals surface area (Å²) in [6.07, 6.45) is 0.837. The molecule has 0 fully saturated rings. The molecule has 7 heteroatoms. The van der Waals surface area contributed by atoms with Gasteiger partial charge in [-0.25, -0.2) is 4.79 Å². The second-order valence-electron chi connectivity index (χ2n) is 4.51. The third-order valence-electron chi connectivity index (χ3n) is 3.09. The summed E-state index contributed by atoms with van der Waals surface area (Å²) >= 11 is 1.23. The van der Waals surface area contributed by atoms with Gasteiger partial charge in [0.05, 0.1) is 18.5 Å². The lowest BCUT2D eigenvalue weighted by Gasteiger charge is -2.05. The molecule has 21 heavy (non-hydrogen) atoms. The Morgan fingerprint density at radius 2 is 2.19 bits per heavy atom. The van der Waals surface area contributed by atoms with Gasteiger partial charge < -0.3 is 14.6 Å². The van der Waals surface area contributed by atoms with Crippen molar-refractivity contribution in [1.82, 2.24) is 5.16 Å². The van der Waals surface area contributed by atoms with E-state index in [2.05, 4.69) is 15.2 Å². The molecule has 0 radical (unpaired) electrons. The van der Waals surface area contributed by atoms with Crippen LogP contribution < -0.4 is 5.32 Å². The number of hydrogen-bond donors (Lipinski definition) is 1. The van der Waals surface area contributed by atoms with Crippen LogP contribution >= 0.6 is 11.3 Å². The average Bonchev–Trinajstić information content (AvgIpc) is 3.04. The average molecular weight is 308 g/mol. The van der Waals surface area contributed by atoms with Gasteiger partial charge >= 0.3 is 5.97 Å². The van der Waals surface area contributed by atoms with Crippen LogP contribution in [0.2, 0.25) is 0 Å². The van der Waals surface area contributed by atoms with E-state index in [0.29, 0.717) is 23.4 Å². The van der Waals surface area contributed by atoms with Gasteiger partial charge in [-0.2, -0.15) is 0 Å². The largest absolute Gasteiger partial charge is 0.465 e. The van der Waals surface area contributed by atoms with Crippen LogP contribution in [0.15, 0.2) is 16.0 Å². The Labute approximate surface area is 126 Å². The van der Waals surface area contributed by atoms with E-state index in [0.717, 1.165) is 17.0 Å². The number of nitrogens with zero attached hydrogens (tertiary/aromatic N) is 1. The number of nitrogens with one attached hydrogen (secondary N) is 1. The number of methoxy groups -OCH3 is 1.